The summed E-state index contributed by atoms with van der Waals surface area (Å²) in [6.07, 6.45) is 0. The number of hydrogen-bond donors (Lipinski definition) is 1. The third-order valence-corrected chi connectivity index (χ3v) is 2.60. The van der Waals surface area contributed by atoms with E-state index in [1.165, 1.54) is 0 Å². The van der Waals surface area contributed by atoms with Gasteiger partial charge in [-0.2, -0.15) is 0 Å². The quantitative estimate of drug-likeness (QED) is 0.821. The molecule has 0 spiro atoms. The molecule has 94 valence electrons. The fourth-order valence-electron chi connectivity index (χ4n) is 1.75. The van der Waals surface area contributed by atoms with Crippen molar-refractivity contribution in [3.63, 3.8) is 0 Å². The number of hydrogen-bond acceptors (Lipinski definition) is 3. The molecule has 2 aromatic rings. The first-order chi connectivity index (χ1) is 8.78. The normalized spacial score (nSPS) is 10.3. The van der Waals surface area contributed by atoms with E-state index in [1.54, 1.807) is 13.2 Å². The molecule has 0 aliphatic carbocycles. The minimum atomic E-state index is 0.524. The predicted octanol–water partition coefficient (Wildman–Crippen LogP) is 2.99. The van der Waals surface area contributed by atoms with Gasteiger partial charge < -0.3 is 15.2 Å². The number of ether oxygens (including phenoxy) is 2. The fourth-order valence-corrected chi connectivity index (χ4v) is 1.75. The highest BCUT2D eigenvalue weighted by Gasteiger charge is 2.00. The lowest BCUT2D eigenvalue weighted by atomic mass is 10.2. The number of rotatable bonds is 5. The Labute approximate surface area is 107 Å². The maximum absolute atomic E-state index is 5.78. The van der Waals surface area contributed by atoms with Crippen LogP contribution in [0, 0.1) is 0 Å². The molecule has 0 saturated heterocycles. The number of benzene rings is 2. The van der Waals surface area contributed by atoms with Gasteiger partial charge in [-0.1, -0.05) is 30.3 Å². The van der Waals surface area contributed by atoms with Gasteiger partial charge in [-0.3, -0.25) is 0 Å². The Morgan fingerprint density at radius 2 is 1.67 bits per heavy atom. The highest BCUT2D eigenvalue weighted by Crippen LogP contribution is 2.19. The zero-order valence-corrected chi connectivity index (χ0v) is 10.4. The van der Waals surface area contributed by atoms with E-state index in [0.29, 0.717) is 18.9 Å². The van der Waals surface area contributed by atoms with Gasteiger partial charge in [0.15, 0.2) is 0 Å². The summed E-state index contributed by atoms with van der Waals surface area (Å²) in [6, 6.07) is 15.7. The van der Waals surface area contributed by atoms with Gasteiger partial charge in [0.2, 0.25) is 0 Å². The lowest BCUT2D eigenvalue weighted by molar-refractivity contribution is 0.107. The minimum absolute atomic E-state index is 0.524. The van der Waals surface area contributed by atoms with E-state index in [0.717, 1.165) is 16.9 Å². The molecule has 0 amide bonds. The van der Waals surface area contributed by atoms with Crippen molar-refractivity contribution in [2.24, 2.45) is 0 Å². The summed E-state index contributed by atoms with van der Waals surface area (Å²) in [5.41, 5.74) is 8.65. The third-order valence-electron chi connectivity index (χ3n) is 2.60. The first-order valence-electron chi connectivity index (χ1n) is 5.83. The second kappa shape index (κ2) is 6.07. The van der Waals surface area contributed by atoms with Crippen LogP contribution in [0.1, 0.15) is 11.1 Å². The highest BCUT2D eigenvalue weighted by molar-refractivity contribution is 5.47. The molecular weight excluding hydrogens is 226 g/mol. The molecule has 0 radical (unpaired) electrons. The summed E-state index contributed by atoms with van der Waals surface area (Å²) in [7, 11) is 1.63. The van der Waals surface area contributed by atoms with Gasteiger partial charge in [0, 0.05) is 11.8 Å². The molecule has 0 heterocycles. The molecular formula is C15H17NO2. The zero-order valence-electron chi connectivity index (χ0n) is 10.4. The molecule has 0 bridgehead atoms. The van der Waals surface area contributed by atoms with Gasteiger partial charge in [-0.05, 0) is 23.3 Å². The smallest absolute Gasteiger partial charge is 0.121 e. The van der Waals surface area contributed by atoms with E-state index in [9.17, 15) is 0 Å². The van der Waals surface area contributed by atoms with E-state index in [-0.39, 0.29) is 0 Å². The predicted molar refractivity (Wildman–Crippen MR) is 72.3 cm³/mol. The van der Waals surface area contributed by atoms with Crippen LogP contribution in [-0.4, -0.2) is 7.11 Å². The Hall–Kier alpha value is -2.00. The Morgan fingerprint density at radius 3 is 2.39 bits per heavy atom. The van der Waals surface area contributed by atoms with Gasteiger partial charge in [-0.25, -0.2) is 0 Å². The van der Waals surface area contributed by atoms with E-state index in [4.69, 9.17) is 15.2 Å². The highest BCUT2D eigenvalue weighted by atomic mass is 16.5. The third kappa shape index (κ3) is 3.50. The molecule has 2 aromatic carbocycles. The molecule has 0 unspecified atom stereocenters. The Kier molecular flexibility index (Phi) is 4.20. The number of methoxy groups -OCH3 is 1. The van der Waals surface area contributed by atoms with E-state index in [2.05, 4.69) is 0 Å². The molecule has 2 N–H and O–H groups in total. The first-order valence-corrected chi connectivity index (χ1v) is 5.83. The topological polar surface area (TPSA) is 44.5 Å². The van der Waals surface area contributed by atoms with Crippen LogP contribution in [-0.2, 0) is 18.0 Å². The first kappa shape index (κ1) is 12.5. The average molecular weight is 243 g/mol. The van der Waals surface area contributed by atoms with Gasteiger partial charge in [-0.15, -0.1) is 0 Å². The Morgan fingerprint density at radius 1 is 0.944 bits per heavy atom. The molecule has 3 nitrogen and oxygen atoms in total. The van der Waals surface area contributed by atoms with Gasteiger partial charge >= 0.3 is 0 Å². The summed E-state index contributed by atoms with van der Waals surface area (Å²) in [6.45, 7) is 1.12. The van der Waals surface area contributed by atoms with Crippen LogP contribution >= 0.6 is 0 Å². The molecule has 2 rings (SSSR count). The fraction of sp³-hybridized carbons (Fsp3) is 0.200. The number of nitrogens with two attached hydrogens (primary N) is 1. The van der Waals surface area contributed by atoms with Crippen molar-refractivity contribution in [3.05, 3.63) is 59.7 Å². The lowest BCUT2D eigenvalue weighted by Crippen LogP contribution is -1.96. The van der Waals surface area contributed by atoms with Crippen molar-refractivity contribution < 1.29 is 9.47 Å². The van der Waals surface area contributed by atoms with Crippen molar-refractivity contribution in [2.45, 2.75) is 13.2 Å². The largest absolute Gasteiger partial charge is 0.497 e. The molecule has 3 heteroatoms. The van der Waals surface area contributed by atoms with Crippen molar-refractivity contribution in [1.82, 2.24) is 0 Å². The SMILES string of the molecule is COc1cc(N)cc(COCc2ccccc2)c1. The summed E-state index contributed by atoms with van der Waals surface area (Å²) >= 11 is 0. The molecule has 0 aliphatic heterocycles. The summed E-state index contributed by atoms with van der Waals surface area (Å²) in [5.74, 6) is 0.758. The van der Waals surface area contributed by atoms with Crippen LogP contribution in [0.4, 0.5) is 5.69 Å². The summed E-state index contributed by atoms with van der Waals surface area (Å²) < 4.78 is 10.8. The Balaban J connectivity index is 1.92. The van der Waals surface area contributed by atoms with Gasteiger partial charge in [0.25, 0.3) is 0 Å². The van der Waals surface area contributed by atoms with Crippen LogP contribution < -0.4 is 10.5 Å². The number of anilines is 1. The second-order valence-electron chi connectivity index (χ2n) is 4.09. The van der Waals surface area contributed by atoms with Crippen molar-refractivity contribution >= 4 is 5.69 Å². The zero-order chi connectivity index (χ0) is 12.8. The van der Waals surface area contributed by atoms with E-state index < -0.39 is 0 Å². The average Bonchev–Trinajstić information content (AvgIpc) is 2.39. The number of nitrogen functional groups attached to an aromatic ring is 1. The maximum Gasteiger partial charge on any atom is 0.121 e. The van der Waals surface area contributed by atoms with Crippen LogP contribution in [0.25, 0.3) is 0 Å². The van der Waals surface area contributed by atoms with Gasteiger partial charge in [0.05, 0.1) is 20.3 Å². The van der Waals surface area contributed by atoms with Crippen molar-refractivity contribution in [2.75, 3.05) is 12.8 Å². The molecule has 0 fully saturated rings. The van der Waals surface area contributed by atoms with Crippen molar-refractivity contribution in [3.8, 4) is 5.75 Å². The van der Waals surface area contributed by atoms with Crippen LogP contribution in [0.15, 0.2) is 48.5 Å². The molecule has 18 heavy (non-hydrogen) atoms. The molecule has 0 saturated carbocycles. The summed E-state index contributed by atoms with van der Waals surface area (Å²) in [5, 5.41) is 0. The van der Waals surface area contributed by atoms with Gasteiger partial charge in [0.1, 0.15) is 5.75 Å². The summed E-state index contributed by atoms with van der Waals surface area (Å²) in [4.78, 5) is 0. The Bertz CT molecular complexity index is 497. The maximum atomic E-state index is 5.78. The molecule has 0 aromatic heterocycles. The molecule has 0 aliphatic rings. The lowest BCUT2D eigenvalue weighted by Gasteiger charge is -2.08. The van der Waals surface area contributed by atoms with Crippen LogP contribution in [0.5, 0.6) is 5.75 Å². The molecule has 0 atom stereocenters. The second-order valence-corrected chi connectivity index (χ2v) is 4.09. The van der Waals surface area contributed by atoms with E-state index >= 15 is 0 Å². The monoisotopic (exact) mass is 243 g/mol. The van der Waals surface area contributed by atoms with Crippen LogP contribution in [0.3, 0.4) is 0 Å². The van der Waals surface area contributed by atoms with Crippen molar-refractivity contribution in [1.29, 1.82) is 0 Å². The van der Waals surface area contributed by atoms with Crippen LogP contribution in [0.2, 0.25) is 0 Å². The minimum Gasteiger partial charge on any atom is -0.497 e. The van der Waals surface area contributed by atoms with E-state index in [1.807, 2.05) is 42.5 Å². The standard InChI is InChI=1S/C15H17NO2/c1-17-15-8-13(7-14(16)9-15)11-18-10-12-5-3-2-4-6-12/h2-9H,10-11,16H2,1H3.